The van der Waals surface area contributed by atoms with Gasteiger partial charge in [0, 0.05) is 18.4 Å². The van der Waals surface area contributed by atoms with Gasteiger partial charge in [-0.3, -0.25) is 0 Å². The van der Waals surface area contributed by atoms with Crippen LogP contribution in [0.1, 0.15) is 52.3 Å². The standard InChI is InChI=1S/C12H21N3O/c1-7(13)6-8-14-10(16-15-8)9-11(2,3)12(9,4)5/h7,9H,6,13H2,1-5H3. The fourth-order valence-electron chi connectivity index (χ4n) is 2.57. The third-order valence-corrected chi connectivity index (χ3v) is 4.26. The molecule has 2 rings (SSSR count). The summed E-state index contributed by atoms with van der Waals surface area (Å²) in [5.74, 6) is 1.86. The quantitative estimate of drug-likeness (QED) is 0.852. The van der Waals surface area contributed by atoms with E-state index in [9.17, 15) is 0 Å². The molecule has 0 bridgehead atoms. The third kappa shape index (κ3) is 1.56. The van der Waals surface area contributed by atoms with Crippen molar-refractivity contribution in [3.05, 3.63) is 11.7 Å². The number of hydrogen-bond acceptors (Lipinski definition) is 4. The first-order valence-corrected chi connectivity index (χ1v) is 5.85. The Bertz CT molecular complexity index is 379. The van der Waals surface area contributed by atoms with E-state index in [2.05, 4.69) is 37.8 Å². The highest BCUT2D eigenvalue weighted by atomic mass is 16.5. The molecule has 1 aromatic rings. The average molecular weight is 223 g/mol. The molecule has 2 N–H and O–H groups in total. The van der Waals surface area contributed by atoms with E-state index in [-0.39, 0.29) is 16.9 Å². The molecular formula is C12H21N3O. The lowest BCUT2D eigenvalue weighted by molar-refractivity contribution is 0.360. The zero-order chi connectivity index (χ0) is 12.1. The van der Waals surface area contributed by atoms with Gasteiger partial charge >= 0.3 is 0 Å². The van der Waals surface area contributed by atoms with E-state index in [1.807, 2.05) is 6.92 Å². The average Bonchev–Trinajstić information content (AvgIpc) is 2.47. The van der Waals surface area contributed by atoms with Gasteiger partial charge in [0.2, 0.25) is 5.89 Å². The Morgan fingerprint density at radius 2 is 1.88 bits per heavy atom. The Balaban J connectivity index is 2.16. The van der Waals surface area contributed by atoms with Crippen LogP contribution in [0.3, 0.4) is 0 Å². The van der Waals surface area contributed by atoms with Crippen molar-refractivity contribution in [1.29, 1.82) is 0 Å². The van der Waals surface area contributed by atoms with E-state index < -0.39 is 0 Å². The summed E-state index contributed by atoms with van der Waals surface area (Å²) in [5.41, 5.74) is 6.19. The summed E-state index contributed by atoms with van der Waals surface area (Å²) in [6.45, 7) is 10.9. The summed E-state index contributed by atoms with van der Waals surface area (Å²) in [6.07, 6.45) is 0.678. The molecule has 4 nitrogen and oxygen atoms in total. The summed E-state index contributed by atoms with van der Waals surface area (Å²) >= 11 is 0. The minimum absolute atomic E-state index is 0.0747. The highest BCUT2D eigenvalue weighted by Gasteiger charge is 2.67. The van der Waals surface area contributed by atoms with Crippen molar-refractivity contribution in [3.8, 4) is 0 Å². The van der Waals surface area contributed by atoms with Crippen molar-refractivity contribution in [2.45, 2.75) is 53.0 Å². The first kappa shape index (κ1) is 11.6. The maximum Gasteiger partial charge on any atom is 0.230 e. The smallest absolute Gasteiger partial charge is 0.230 e. The largest absolute Gasteiger partial charge is 0.339 e. The van der Waals surface area contributed by atoms with E-state index in [0.717, 1.165) is 11.7 Å². The fraction of sp³-hybridized carbons (Fsp3) is 0.833. The topological polar surface area (TPSA) is 64.9 Å². The van der Waals surface area contributed by atoms with Crippen LogP contribution in [0.5, 0.6) is 0 Å². The van der Waals surface area contributed by atoms with Crippen LogP contribution in [0.4, 0.5) is 0 Å². The van der Waals surface area contributed by atoms with E-state index in [0.29, 0.717) is 12.3 Å². The number of rotatable bonds is 3. The van der Waals surface area contributed by atoms with Crippen molar-refractivity contribution in [2.75, 3.05) is 0 Å². The summed E-state index contributed by atoms with van der Waals surface area (Å²) in [5, 5.41) is 3.98. The van der Waals surface area contributed by atoms with Crippen LogP contribution in [-0.2, 0) is 6.42 Å². The second kappa shape index (κ2) is 3.29. The van der Waals surface area contributed by atoms with Gasteiger partial charge in [0.1, 0.15) is 0 Å². The highest BCUT2D eigenvalue weighted by molar-refractivity contribution is 5.24. The second-order valence-corrected chi connectivity index (χ2v) is 6.11. The molecule has 0 aromatic carbocycles. The van der Waals surface area contributed by atoms with Crippen LogP contribution in [0.15, 0.2) is 4.52 Å². The number of nitrogens with zero attached hydrogens (tertiary/aromatic N) is 2. The normalized spacial score (nSPS) is 24.4. The Morgan fingerprint density at radius 1 is 1.31 bits per heavy atom. The third-order valence-electron chi connectivity index (χ3n) is 4.26. The lowest BCUT2D eigenvalue weighted by atomic mass is 10.0. The first-order valence-electron chi connectivity index (χ1n) is 5.85. The molecular weight excluding hydrogens is 202 g/mol. The Morgan fingerprint density at radius 3 is 2.31 bits per heavy atom. The van der Waals surface area contributed by atoms with Gasteiger partial charge in [0.15, 0.2) is 5.82 Å². The number of aromatic nitrogens is 2. The molecule has 1 saturated carbocycles. The molecule has 1 aromatic heterocycles. The predicted octanol–water partition coefficient (Wildman–Crippen LogP) is 2.11. The lowest BCUT2D eigenvalue weighted by Gasteiger charge is -2.03. The van der Waals surface area contributed by atoms with Gasteiger partial charge < -0.3 is 10.3 Å². The summed E-state index contributed by atoms with van der Waals surface area (Å²) in [6, 6.07) is 0.0747. The molecule has 1 aliphatic rings. The van der Waals surface area contributed by atoms with Gasteiger partial charge in [0.05, 0.1) is 0 Å². The van der Waals surface area contributed by atoms with Crippen LogP contribution >= 0.6 is 0 Å². The molecule has 16 heavy (non-hydrogen) atoms. The monoisotopic (exact) mass is 223 g/mol. The van der Waals surface area contributed by atoms with Crippen molar-refractivity contribution in [1.82, 2.24) is 10.1 Å². The SMILES string of the molecule is CC(N)Cc1noc(C2C(C)(C)C2(C)C)n1. The molecule has 4 heteroatoms. The minimum Gasteiger partial charge on any atom is -0.339 e. The van der Waals surface area contributed by atoms with Crippen LogP contribution in [0.2, 0.25) is 0 Å². The Labute approximate surface area is 96.6 Å². The lowest BCUT2D eigenvalue weighted by Crippen LogP contribution is -2.18. The fourth-order valence-corrected chi connectivity index (χ4v) is 2.57. The number of nitrogens with two attached hydrogens (primary N) is 1. The van der Waals surface area contributed by atoms with E-state index in [1.54, 1.807) is 0 Å². The van der Waals surface area contributed by atoms with Gasteiger partial charge in [-0.05, 0) is 17.8 Å². The maximum atomic E-state index is 5.71. The molecule has 0 aliphatic heterocycles. The van der Waals surface area contributed by atoms with Gasteiger partial charge in [-0.15, -0.1) is 0 Å². The van der Waals surface area contributed by atoms with Gasteiger partial charge in [0.25, 0.3) is 0 Å². The first-order chi connectivity index (χ1) is 7.26. The summed E-state index contributed by atoms with van der Waals surface area (Å²) in [7, 11) is 0. The minimum atomic E-state index is 0.0747. The van der Waals surface area contributed by atoms with Crippen molar-refractivity contribution < 1.29 is 4.52 Å². The predicted molar refractivity (Wildman–Crippen MR) is 62.0 cm³/mol. The molecule has 0 spiro atoms. The summed E-state index contributed by atoms with van der Waals surface area (Å²) in [4.78, 5) is 4.45. The Kier molecular flexibility index (Phi) is 2.38. The van der Waals surface area contributed by atoms with Gasteiger partial charge in [-0.1, -0.05) is 32.9 Å². The summed E-state index contributed by atoms with van der Waals surface area (Å²) < 4.78 is 5.34. The molecule has 1 atom stereocenters. The van der Waals surface area contributed by atoms with E-state index >= 15 is 0 Å². The molecule has 0 saturated heterocycles. The second-order valence-electron chi connectivity index (χ2n) is 6.11. The zero-order valence-electron chi connectivity index (χ0n) is 10.7. The van der Waals surface area contributed by atoms with Crippen molar-refractivity contribution in [2.24, 2.45) is 16.6 Å². The van der Waals surface area contributed by atoms with Crippen LogP contribution < -0.4 is 5.73 Å². The van der Waals surface area contributed by atoms with Crippen LogP contribution in [0, 0.1) is 10.8 Å². The van der Waals surface area contributed by atoms with Crippen LogP contribution in [0.25, 0.3) is 0 Å². The molecule has 0 amide bonds. The molecule has 1 heterocycles. The molecule has 0 radical (unpaired) electrons. The molecule has 90 valence electrons. The van der Waals surface area contributed by atoms with Crippen molar-refractivity contribution in [3.63, 3.8) is 0 Å². The molecule has 1 aliphatic carbocycles. The highest BCUT2D eigenvalue weighted by Crippen LogP contribution is 2.73. The molecule has 1 unspecified atom stereocenters. The van der Waals surface area contributed by atoms with Gasteiger partial charge in [-0.25, -0.2) is 0 Å². The zero-order valence-corrected chi connectivity index (χ0v) is 10.7. The maximum absolute atomic E-state index is 5.71. The van der Waals surface area contributed by atoms with Crippen molar-refractivity contribution >= 4 is 0 Å². The molecule has 1 fully saturated rings. The Hall–Kier alpha value is -0.900. The van der Waals surface area contributed by atoms with E-state index in [1.165, 1.54) is 0 Å². The van der Waals surface area contributed by atoms with Crippen LogP contribution in [-0.4, -0.2) is 16.2 Å². The van der Waals surface area contributed by atoms with E-state index in [4.69, 9.17) is 10.3 Å². The number of hydrogen-bond donors (Lipinski definition) is 1. The van der Waals surface area contributed by atoms with Gasteiger partial charge in [-0.2, -0.15) is 4.98 Å².